The molecule has 0 spiro atoms. The van der Waals surface area contributed by atoms with Gasteiger partial charge in [-0.25, -0.2) is 8.42 Å². The standard InChI is InChI=1S/C26H28N2O4S/c1-19(20-10-5-4-6-11-20)27(2)26(29)22-15-16-24(32-3)25(18-22)33(30,31)28-17-9-13-21-12-7-8-14-23(21)28/h4-8,10-12,14-16,18-19H,9,13,17H2,1-3H3. The minimum atomic E-state index is -3.93. The van der Waals surface area contributed by atoms with Gasteiger partial charge in [0.2, 0.25) is 0 Å². The van der Waals surface area contributed by atoms with Gasteiger partial charge in [-0.15, -0.1) is 0 Å². The summed E-state index contributed by atoms with van der Waals surface area (Å²) in [5.41, 5.74) is 2.97. The maximum atomic E-state index is 13.8. The van der Waals surface area contributed by atoms with Gasteiger partial charge in [0.15, 0.2) is 0 Å². The van der Waals surface area contributed by atoms with Crippen molar-refractivity contribution in [3.63, 3.8) is 0 Å². The van der Waals surface area contributed by atoms with Gasteiger partial charge in [-0.3, -0.25) is 9.10 Å². The molecule has 3 aromatic carbocycles. The van der Waals surface area contributed by atoms with Crippen molar-refractivity contribution < 1.29 is 17.9 Å². The van der Waals surface area contributed by atoms with Gasteiger partial charge < -0.3 is 9.64 Å². The van der Waals surface area contributed by atoms with E-state index in [2.05, 4.69) is 0 Å². The van der Waals surface area contributed by atoms with Gasteiger partial charge in [-0.05, 0) is 55.2 Å². The molecule has 1 amide bonds. The molecule has 172 valence electrons. The number of amides is 1. The zero-order valence-electron chi connectivity index (χ0n) is 19.1. The van der Waals surface area contributed by atoms with Crippen LogP contribution in [0.3, 0.4) is 0 Å². The minimum absolute atomic E-state index is 0.00619. The number of para-hydroxylation sites is 1. The predicted octanol–water partition coefficient (Wildman–Crippen LogP) is 4.67. The second-order valence-corrected chi connectivity index (χ2v) is 10.0. The van der Waals surface area contributed by atoms with Gasteiger partial charge in [-0.2, -0.15) is 0 Å². The maximum Gasteiger partial charge on any atom is 0.268 e. The summed E-state index contributed by atoms with van der Waals surface area (Å²) < 4.78 is 34.3. The molecule has 1 aliphatic heterocycles. The number of nitrogens with zero attached hydrogens (tertiary/aromatic N) is 2. The first-order chi connectivity index (χ1) is 15.8. The lowest BCUT2D eigenvalue weighted by atomic mass is 10.0. The number of aryl methyl sites for hydroxylation is 1. The van der Waals surface area contributed by atoms with Crippen LogP contribution in [0.15, 0.2) is 77.7 Å². The molecule has 0 N–H and O–H groups in total. The summed E-state index contributed by atoms with van der Waals surface area (Å²) in [6, 6.07) is 21.7. The third-order valence-corrected chi connectivity index (χ3v) is 8.06. The Morgan fingerprint density at radius 2 is 1.73 bits per heavy atom. The Balaban J connectivity index is 1.71. The lowest BCUT2D eigenvalue weighted by Crippen LogP contribution is -2.36. The smallest absolute Gasteiger partial charge is 0.268 e. The van der Waals surface area contributed by atoms with Crippen molar-refractivity contribution in [1.29, 1.82) is 0 Å². The molecule has 7 heteroatoms. The zero-order valence-corrected chi connectivity index (χ0v) is 19.9. The van der Waals surface area contributed by atoms with E-state index in [9.17, 15) is 13.2 Å². The molecule has 0 aromatic heterocycles. The molecule has 0 saturated heterocycles. The molecule has 0 fully saturated rings. The quantitative estimate of drug-likeness (QED) is 0.532. The largest absolute Gasteiger partial charge is 0.495 e. The molecule has 0 saturated carbocycles. The normalized spacial score (nSPS) is 14.3. The minimum Gasteiger partial charge on any atom is -0.495 e. The lowest BCUT2D eigenvalue weighted by molar-refractivity contribution is 0.0742. The summed E-state index contributed by atoms with van der Waals surface area (Å²) in [5.74, 6) is -0.0436. The van der Waals surface area contributed by atoms with Crippen LogP contribution in [0.2, 0.25) is 0 Å². The second-order valence-electron chi connectivity index (χ2n) is 8.18. The van der Waals surface area contributed by atoms with Crippen LogP contribution >= 0.6 is 0 Å². The van der Waals surface area contributed by atoms with Crippen LogP contribution in [0.1, 0.15) is 40.9 Å². The highest BCUT2D eigenvalue weighted by molar-refractivity contribution is 7.93. The topological polar surface area (TPSA) is 66.9 Å². The Morgan fingerprint density at radius 1 is 1.03 bits per heavy atom. The number of hydrogen-bond donors (Lipinski definition) is 0. The highest BCUT2D eigenvalue weighted by atomic mass is 32.2. The van der Waals surface area contributed by atoms with Crippen molar-refractivity contribution in [2.24, 2.45) is 0 Å². The van der Waals surface area contributed by atoms with Crippen LogP contribution in [-0.4, -0.2) is 39.9 Å². The van der Waals surface area contributed by atoms with E-state index < -0.39 is 10.0 Å². The van der Waals surface area contributed by atoms with Crippen molar-refractivity contribution in [3.8, 4) is 5.75 Å². The van der Waals surface area contributed by atoms with E-state index in [1.807, 2.05) is 61.5 Å². The van der Waals surface area contributed by atoms with Gasteiger partial charge in [-0.1, -0.05) is 48.5 Å². The predicted molar refractivity (Wildman–Crippen MR) is 129 cm³/mol. The number of carbonyl (C=O) groups is 1. The molecule has 1 unspecified atom stereocenters. The van der Waals surface area contributed by atoms with Gasteiger partial charge in [0.05, 0.1) is 18.8 Å². The second kappa shape index (κ2) is 9.27. The molecule has 0 aliphatic carbocycles. The fourth-order valence-electron chi connectivity index (χ4n) is 4.21. The maximum absolute atomic E-state index is 13.8. The van der Waals surface area contributed by atoms with Crippen LogP contribution in [0, 0.1) is 0 Å². The van der Waals surface area contributed by atoms with E-state index in [1.54, 1.807) is 24.1 Å². The van der Waals surface area contributed by atoms with Crippen LogP contribution in [0.5, 0.6) is 5.75 Å². The summed E-state index contributed by atoms with van der Waals surface area (Å²) in [5, 5.41) is 0. The Labute approximate surface area is 195 Å². The van der Waals surface area contributed by atoms with E-state index in [0.717, 1.165) is 24.0 Å². The third kappa shape index (κ3) is 4.33. The number of rotatable bonds is 6. The highest BCUT2D eigenvalue weighted by Gasteiger charge is 2.32. The molecular weight excluding hydrogens is 436 g/mol. The summed E-state index contributed by atoms with van der Waals surface area (Å²) in [6.45, 7) is 2.32. The van der Waals surface area contributed by atoms with Crippen LogP contribution in [-0.2, 0) is 16.4 Å². The molecule has 1 atom stereocenters. The van der Waals surface area contributed by atoms with E-state index >= 15 is 0 Å². The molecular formula is C26H28N2O4S. The number of carbonyl (C=O) groups excluding carboxylic acids is 1. The van der Waals surface area contributed by atoms with Gasteiger partial charge in [0.1, 0.15) is 10.6 Å². The van der Waals surface area contributed by atoms with Crippen LogP contribution in [0.4, 0.5) is 5.69 Å². The summed E-state index contributed by atoms with van der Waals surface area (Å²) in [6.07, 6.45) is 1.56. The van der Waals surface area contributed by atoms with Gasteiger partial charge in [0.25, 0.3) is 15.9 Å². The fraction of sp³-hybridized carbons (Fsp3) is 0.269. The van der Waals surface area contributed by atoms with Crippen molar-refractivity contribution in [2.75, 3.05) is 25.0 Å². The van der Waals surface area contributed by atoms with E-state index in [1.165, 1.54) is 17.5 Å². The van der Waals surface area contributed by atoms with Crippen molar-refractivity contribution >= 4 is 21.6 Å². The Bertz CT molecular complexity index is 1260. The van der Waals surface area contributed by atoms with Gasteiger partial charge >= 0.3 is 0 Å². The van der Waals surface area contributed by atoms with Crippen molar-refractivity contribution in [2.45, 2.75) is 30.7 Å². The van der Waals surface area contributed by atoms with E-state index in [0.29, 0.717) is 17.8 Å². The van der Waals surface area contributed by atoms with E-state index in [-0.39, 0.29) is 22.6 Å². The number of anilines is 1. The molecule has 33 heavy (non-hydrogen) atoms. The number of hydrogen-bond acceptors (Lipinski definition) is 4. The number of fused-ring (bicyclic) bond motifs is 1. The molecule has 1 heterocycles. The van der Waals surface area contributed by atoms with E-state index in [4.69, 9.17) is 4.74 Å². The number of benzene rings is 3. The average Bonchev–Trinajstić information content (AvgIpc) is 2.87. The monoisotopic (exact) mass is 464 g/mol. The Hall–Kier alpha value is -3.32. The third-order valence-electron chi connectivity index (χ3n) is 6.23. The Morgan fingerprint density at radius 3 is 2.45 bits per heavy atom. The zero-order chi connectivity index (χ0) is 23.6. The summed E-state index contributed by atoms with van der Waals surface area (Å²) >= 11 is 0. The Kier molecular flexibility index (Phi) is 6.42. The molecule has 0 bridgehead atoms. The first-order valence-electron chi connectivity index (χ1n) is 11.0. The fourth-order valence-corrected chi connectivity index (χ4v) is 5.94. The van der Waals surface area contributed by atoms with Gasteiger partial charge in [0, 0.05) is 19.2 Å². The first kappa shape index (κ1) is 22.9. The first-order valence-corrected chi connectivity index (χ1v) is 12.4. The molecule has 0 radical (unpaired) electrons. The number of sulfonamides is 1. The highest BCUT2D eigenvalue weighted by Crippen LogP contribution is 2.35. The summed E-state index contributed by atoms with van der Waals surface area (Å²) in [7, 11) is -0.779. The summed E-state index contributed by atoms with van der Waals surface area (Å²) in [4.78, 5) is 14.9. The number of ether oxygens (including phenoxy) is 1. The molecule has 4 rings (SSSR count). The molecule has 3 aromatic rings. The SMILES string of the molecule is COc1ccc(C(=O)N(C)C(C)c2ccccc2)cc1S(=O)(=O)N1CCCc2ccccc21. The van der Waals surface area contributed by atoms with Crippen molar-refractivity contribution in [1.82, 2.24) is 4.90 Å². The molecule has 1 aliphatic rings. The van der Waals surface area contributed by atoms with Crippen molar-refractivity contribution in [3.05, 3.63) is 89.5 Å². The average molecular weight is 465 g/mol. The number of methoxy groups -OCH3 is 1. The molecule has 6 nitrogen and oxygen atoms in total. The lowest BCUT2D eigenvalue weighted by Gasteiger charge is -2.31. The van der Waals surface area contributed by atoms with Crippen LogP contribution < -0.4 is 9.04 Å². The van der Waals surface area contributed by atoms with Crippen LogP contribution in [0.25, 0.3) is 0 Å².